The minimum absolute atomic E-state index is 0.0532. The molecular formula is C36H38N6O4. The lowest BCUT2D eigenvalue weighted by Crippen LogP contribution is -2.54. The highest BCUT2D eigenvalue weighted by atomic mass is 16.5. The van der Waals surface area contributed by atoms with Crippen LogP contribution in [0.2, 0.25) is 0 Å². The smallest absolute Gasteiger partial charge is 0.266 e. The summed E-state index contributed by atoms with van der Waals surface area (Å²) in [5.74, 6) is 0.622. The van der Waals surface area contributed by atoms with Gasteiger partial charge in [0.2, 0.25) is 5.90 Å². The first kappa shape index (κ1) is 32.2. The Balaban J connectivity index is 1.50. The van der Waals surface area contributed by atoms with Crippen LogP contribution in [-0.2, 0) is 28.9 Å². The molecule has 236 valence electrons. The van der Waals surface area contributed by atoms with Gasteiger partial charge in [0.15, 0.2) is 11.6 Å². The van der Waals surface area contributed by atoms with E-state index in [1.54, 1.807) is 0 Å². The zero-order valence-electron chi connectivity index (χ0n) is 25.8. The van der Waals surface area contributed by atoms with Crippen molar-refractivity contribution in [3.63, 3.8) is 0 Å². The van der Waals surface area contributed by atoms with Crippen LogP contribution in [0.4, 0.5) is 0 Å². The first-order chi connectivity index (χ1) is 22.5. The molecule has 3 N–H and O–H groups in total. The summed E-state index contributed by atoms with van der Waals surface area (Å²) in [5, 5.41) is 12.9. The number of ether oxygens (including phenoxy) is 2. The molecule has 46 heavy (non-hydrogen) atoms. The number of rotatable bonds is 15. The molecule has 10 nitrogen and oxygen atoms in total. The molecule has 0 spiro atoms. The number of amides is 1. The Morgan fingerprint density at radius 1 is 1.00 bits per heavy atom. The average molecular weight is 619 g/mol. The van der Waals surface area contributed by atoms with E-state index in [9.17, 15) is 4.79 Å². The molecule has 0 aromatic heterocycles. The van der Waals surface area contributed by atoms with Crippen LogP contribution in [0, 0.1) is 6.92 Å². The molecule has 0 saturated carbocycles. The summed E-state index contributed by atoms with van der Waals surface area (Å²) >= 11 is 0. The predicted octanol–water partition coefficient (Wildman–Crippen LogP) is 5.93. The summed E-state index contributed by atoms with van der Waals surface area (Å²) in [4.78, 5) is 22.5. The number of nitrogens with one attached hydrogen (secondary N) is 2. The minimum atomic E-state index is -1.41. The van der Waals surface area contributed by atoms with Crippen molar-refractivity contribution in [2.24, 2.45) is 10.1 Å². The molecule has 10 heteroatoms. The lowest BCUT2D eigenvalue weighted by molar-refractivity contribution is -0.130. The van der Waals surface area contributed by atoms with E-state index >= 15 is 0 Å². The van der Waals surface area contributed by atoms with Gasteiger partial charge in [-0.25, -0.2) is 10.4 Å². The fraction of sp³-hybridized carbons (Fsp3) is 0.278. The molecule has 2 atom stereocenters. The van der Waals surface area contributed by atoms with Gasteiger partial charge in [0.1, 0.15) is 5.75 Å². The normalized spacial score (nSPS) is 17.0. The fourth-order valence-corrected chi connectivity index (χ4v) is 5.42. The van der Waals surface area contributed by atoms with Gasteiger partial charge in [0.05, 0.1) is 13.2 Å². The van der Waals surface area contributed by atoms with Crippen molar-refractivity contribution in [2.75, 3.05) is 19.8 Å². The van der Waals surface area contributed by atoms with Crippen LogP contribution in [0.25, 0.3) is 10.4 Å². The standard InChI is InChI=1S/C36H38N6O4/c1-26-12-14-27(15-13-26)20-21-38-41-35(44)36(24-28-8-3-2-4-9-28)33(32-11-6-5-10-30(32)25-39-42-37)46-34(40-36)29-16-18-31(19-17-29)45-23-7-22-43/h2-6,8-19,33,38,43H,7,20-25H2,1H3,(H,41,44)/t33-,36-/m0/s1. The van der Waals surface area contributed by atoms with Crippen LogP contribution in [0.1, 0.15) is 45.9 Å². The molecule has 1 heterocycles. The molecule has 0 unspecified atom stereocenters. The maximum Gasteiger partial charge on any atom is 0.266 e. The van der Waals surface area contributed by atoms with Crippen LogP contribution in [0.3, 0.4) is 0 Å². The number of azide groups is 1. The number of carbonyl (C=O) groups excluding carboxylic acids is 1. The van der Waals surface area contributed by atoms with Gasteiger partial charge in [-0.2, -0.15) is 0 Å². The van der Waals surface area contributed by atoms with Crippen LogP contribution in [0.15, 0.2) is 113 Å². The van der Waals surface area contributed by atoms with E-state index in [2.05, 4.69) is 52.1 Å². The number of aryl methyl sites for hydroxylation is 1. The van der Waals surface area contributed by atoms with E-state index in [0.717, 1.165) is 23.1 Å². The topological polar surface area (TPSA) is 141 Å². The number of hydrogen-bond acceptors (Lipinski definition) is 7. The average Bonchev–Trinajstić information content (AvgIpc) is 3.47. The van der Waals surface area contributed by atoms with E-state index in [-0.39, 0.29) is 25.5 Å². The molecule has 1 aliphatic heterocycles. The third-order valence-electron chi connectivity index (χ3n) is 7.85. The van der Waals surface area contributed by atoms with Gasteiger partial charge < -0.3 is 14.6 Å². The number of nitrogens with zero attached hydrogens (tertiary/aromatic N) is 4. The molecule has 1 amide bonds. The van der Waals surface area contributed by atoms with Crippen molar-refractivity contribution in [2.45, 2.75) is 44.4 Å². The molecule has 5 rings (SSSR count). The highest BCUT2D eigenvalue weighted by molar-refractivity contribution is 6.01. The first-order valence-electron chi connectivity index (χ1n) is 15.3. The summed E-state index contributed by atoms with van der Waals surface area (Å²) in [6.07, 6.45) is 0.686. The zero-order chi connectivity index (χ0) is 32.2. The van der Waals surface area contributed by atoms with E-state index in [0.29, 0.717) is 42.3 Å². The Morgan fingerprint density at radius 2 is 1.74 bits per heavy atom. The first-order valence-corrected chi connectivity index (χ1v) is 15.3. The molecule has 4 aromatic carbocycles. The summed E-state index contributed by atoms with van der Waals surface area (Å²) < 4.78 is 12.3. The van der Waals surface area contributed by atoms with Crippen molar-refractivity contribution < 1.29 is 19.4 Å². The summed E-state index contributed by atoms with van der Waals surface area (Å²) in [6, 6.07) is 32.8. The third-order valence-corrected chi connectivity index (χ3v) is 7.85. The number of carbonyl (C=O) groups is 1. The predicted molar refractivity (Wildman–Crippen MR) is 177 cm³/mol. The van der Waals surface area contributed by atoms with Gasteiger partial charge in [-0.15, -0.1) is 0 Å². The highest BCUT2D eigenvalue weighted by Gasteiger charge is 2.53. The Bertz CT molecular complexity index is 1670. The SMILES string of the molecule is Cc1ccc(CCNNC(=O)[C@@]2(Cc3ccccc3)N=C(c3ccc(OCCCO)cc3)O[C@H]2c2ccccc2CN=[N+]=[N-])cc1. The fourth-order valence-electron chi connectivity index (χ4n) is 5.42. The molecule has 1 aliphatic rings. The van der Waals surface area contributed by atoms with Crippen LogP contribution in [-0.4, -0.2) is 42.2 Å². The zero-order valence-corrected chi connectivity index (χ0v) is 25.8. The van der Waals surface area contributed by atoms with E-state index in [1.807, 2.05) is 78.9 Å². The van der Waals surface area contributed by atoms with Gasteiger partial charge in [-0.1, -0.05) is 89.5 Å². The van der Waals surface area contributed by atoms with Crippen molar-refractivity contribution in [3.8, 4) is 5.75 Å². The van der Waals surface area contributed by atoms with Crippen molar-refractivity contribution in [1.82, 2.24) is 10.9 Å². The van der Waals surface area contributed by atoms with Crippen molar-refractivity contribution >= 4 is 11.8 Å². The van der Waals surface area contributed by atoms with Gasteiger partial charge in [0, 0.05) is 36.5 Å². The van der Waals surface area contributed by atoms with Gasteiger partial charge in [-0.3, -0.25) is 10.2 Å². The molecular weight excluding hydrogens is 580 g/mol. The number of aliphatic hydroxyl groups excluding tert-OH is 1. The summed E-state index contributed by atoms with van der Waals surface area (Å²) in [6.45, 7) is 3.12. The maximum absolute atomic E-state index is 14.4. The monoisotopic (exact) mass is 618 g/mol. The minimum Gasteiger partial charge on any atom is -0.494 e. The molecule has 0 fully saturated rings. The molecule has 0 saturated heterocycles. The highest BCUT2D eigenvalue weighted by Crippen LogP contribution is 2.43. The lowest BCUT2D eigenvalue weighted by atomic mass is 9.81. The van der Waals surface area contributed by atoms with Crippen molar-refractivity contribution in [3.05, 3.63) is 147 Å². The number of aliphatic hydroxyl groups is 1. The van der Waals surface area contributed by atoms with Crippen LogP contribution < -0.4 is 15.6 Å². The molecule has 0 bridgehead atoms. The number of hydrazine groups is 1. The lowest BCUT2D eigenvalue weighted by Gasteiger charge is -2.31. The van der Waals surface area contributed by atoms with Gasteiger partial charge >= 0.3 is 0 Å². The van der Waals surface area contributed by atoms with Crippen LogP contribution in [0.5, 0.6) is 5.75 Å². The Morgan fingerprint density at radius 3 is 2.48 bits per heavy atom. The second-order valence-corrected chi connectivity index (χ2v) is 11.2. The molecule has 0 radical (unpaired) electrons. The van der Waals surface area contributed by atoms with E-state index < -0.39 is 11.6 Å². The summed E-state index contributed by atoms with van der Waals surface area (Å²) in [7, 11) is 0. The van der Waals surface area contributed by atoms with E-state index in [4.69, 9.17) is 25.1 Å². The number of hydrogen-bond donors (Lipinski definition) is 3. The Labute approximate surface area is 268 Å². The Kier molecular flexibility index (Phi) is 11.0. The van der Waals surface area contributed by atoms with Crippen molar-refractivity contribution in [1.29, 1.82) is 0 Å². The summed E-state index contributed by atoms with van der Waals surface area (Å²) in [5.41, 5.74) is 19.1. The number of benzene rings is 4. The maximum atomic E-state index is 14.4. The second-order valence-electron chi connectivity index (χ2n) is 11.2. The molecule has 0 aliphatic carbocycles. The number of aliphatic imine (C=N–C) groups is 1. The van der Waals surface area contributed by atoms with Gasteiger partial charge in [0.25, 0.3) is 5.91 Å². The van der Waals surface area contributed by atoms with E-state index in [1.165, 1.54) is 5.56 Å². The Hall–Kier alpha value is -5.15. The van der Waals surface area contributed by atoms with Crippen LogP contribution >= 0.6 is 0 Å². The quantitative estimate of drug-likeness (QED) is 0.0498. The molecule has 4 aromatic rings. The third kappa shape index (κ3) is 7.92. The largest absolute Gasteiger partial charge is 0.494 e. The second kappa shape index (κ2) is 15.7. The van der Waals surface area contributed by atoms with Gasteiger partial charge in [-0.05, 0) is 65.4 Å².